The zero-order valence-corrected chi connectivity index (χ0v) is 19.6. The number of hydrogen-bond acceptors (Lipinski definition) is 6. The van der Waals surface area contributed by atoms with Crippen molar-refractivity contribution in [1.82, 2.24) is 0 Å². The Morgan fingerprint density at radius 1 is 0.500 bits per heavy atom. The summed E-state index contributed by atoms with van der Waals surface area (Å²) in [5.74, 6) is 0.424. The number of carbonyl (C=O) groups excluding carboxylic acids is 3. The molecule has 6 heteroatoms. The molecule has 0 radical (unpaired) electrons. The van der Waals surface area contributed by atoms with Gasteiger partial charge in [0.2, 0.25) is 0 Å². The molecule has 0 atom stereocenters. The van der Waals surface area contributed by atoms with E-state index in [4.69, 9.17) is 14.2 Å². The second kappa shape index (κ2) is 11.8. The SMILES string of the molecule is CCC(=O)Oc1ccc(C(c2ccc(OC(=O)CC)cc2)c2ccc(OC(=O)CC)cc2)cc1. The van der Waals surface area contributed by atoms with Crippen LogP contribution in [0.15, 0.2) is 72.8 Å². The molecule has 0 unspecified atom stereocenters. The first kappa shape index (κ1) is 24.7. The van der Waals surface area contributed by atoms with Crippen LogP contribution in [0.3, 0.4) is 0 Å². The van der Waals surface area contributed by atoms with Crippen LogP contribution >= 0.6 is 0 Å². The summed E-state index contributed by atoms with van der Waals surface area (Å²) in [6.45, 7) is 5.24. The molecule has 0 saturated heterocycles. The largest absolute Gasteiger partial charge is 0.427 e. The van der Waals surface area contributed by atoms with E-state index in [1.165, 1.54) is 0 Å². The minimum absolute atomic E-state index is 0.150. The molecule has 0 amide bonds. The molecule has 0 aromatic heterocycles. The van der Waals surface area contributed by atoms with Gasteiger partial charge in [-0.25, -0.2) is 0 Å². The zero-order chi connectivity index (χ0) is 24.5. The first-order chi connectivity index (χ1) is 16.4. The minimum Gasteiger partial charge on any atom is -0.427 e. The molecule has 6 nitrogen and oxygen atoms in total. The number of benzene rings is 3. The highest BCUT2D eigenvalue weighted by molar-refractivity contribution is 5.73. The maximum absolute atomic E-state index is 11.6. The second-order valence-electron chi connectivity index (χ2n) is 7.62. The molecule has 0 saturated carbocycles. The van der Waals surface area contributed by atoms with E-state index in [1.54, 1.807) is 57.2 Å². The Morgan fingerprint density at radius 2 is 0.735 bits per heavy atom. The summed E-state index contributed by atoms with van der Waals surface area (Å²) >= 11 is 0. The van der Waals surface area contributed by atoms with Gasteiger partial charge in [0.1, 0.15) is 17.2 Å². The third kappa shape index (κ3) is 6.54. The quantitative estimate of drug-likeness (QED) is 0.228. The molecule has 0 fully saturated rings. The van der Waals surface area contributed by atoms with Crippen molar-refractivity contribution in [3.63, 3.8) is 0 Å². The third-order valence-electron chi connectivity index (χ3n) is 5.20. The molecule has 3 aromatic carbocycles. The monoisotopic (exact) mass is 460 g/mol. The van der Waals surface area contributed by atoms with Crippen molar-refractivity contribution >= 4 is 17.9 Å². The number of rotatable bonds is 9. The summed E-state index contributed by atoms with van der Waals surface area (Å²) in [5, 5.41) is 0. The van der Waals surface area contributed by atoms with Gasteiger partial charge in [-0.1, -0.05) is 57.2 Å². The summed E-state index contributed by atoms with van der Waals surface area (Å²) in [7, 11) is 0. The normalized spacial score (nSPS) is 10.6. The lowest BCUT2D eigenvalue weighted by atomic mass is 9.85. The summed E-state index contributed by atoms with van der Waals surface area (Å²) < 4.78 is 15.9. The first-order valence-electron chi connectivity index (χ1n) is 11.3. The van der Waals surface area contributed by atoms with E-state index in [0.29, 0.717) is 36.5 Å². The van der Waals surface area contributed by atoms with Gasteiger partial charge in [-0.15, -0.1) is 0 Å². The van der Waals surface area contributed by atoms with Crippen LogP contribution in [0.4, 0.5) is 0 Å². The summed E-state index contributed by atoms with van der Waals surface area (Å²) in [5.41, 5.74) is 2.94. The molecule has 0 heterocycles. The average molecular weight is 461 g/mol. The summed E-state index contributed by atoms with van der Waals surface area (Å²) in [6, 6.07) is 22.1. The van der Waals surface area contributed by atoms with E-state index >= 15 is 0 Å². The smallest absolute Gasteiger partial charge is 0.310 e. The number of hydrogen-bond donors (Lipinski definition) is 0. The predicted molar refractivity (Wildman–Crippen MR) is 128 cm³/mol. The zero-order valence-electron chi connectivity index (χ0n) is 19.6. The highest BCUT2D eigenvalue weighted by atomic mass is 16.5. The Hall–Kier alpha value is -3.93. The van der Waals surface area contributed by atoms with E-state index in [-0.39, 0.29) is 23.8 Å². The summed E-state index contributed by atoms with van der Waals surface area (Å²) in [6.07, 6.45) is 0.900. The molecule has 0 aliphatic carbocycles. The van der Waals surface area contributed by atoms with Crippen molar-refractivity contribution in [2.24, 2.45) is 0 Å². The molecular formula is C28H28O6. The molecule has 34 heavy (non-hydrogen) atoms. The number of ether oxygens (including phenoxy) is 3. The Bertz CT molecular complexity index is 969. The molecule has 0 aliphatic rings. The Morgan fingerprint density at radius 3 is 0.941 bits per heavy atom. The highest BCUT2D eigenvalue weighted by Gasteiger charge is 2.18. The van der Waals surface area contributed by atoms with Gasteiger partial charge in [-0.3, -0.25) is 14.4 Å². The van der Waals surface area contributed by atoms with E-state index < -0.39 is 0 Å². The molecule has 3 rings (SSSR count). The molecule has 176 valence electrons. The molecule has 0 bridgehead atoms. The fraction of sp³-hybridized carbons (Fsp3) is 0.250. The fourth-order valence-corrected chi connectivity index (χ4v) is 3.37. The molecule has 3 aromatic rings. The average Bonchev–Trinajstić information content (AvgIpc) is 2.87. The van der Waals surface area contributed by atoms with Crippen molar-refractivity contribution in [2.75, 3.05) is 0 Å². The lowest BCUT2D eigenvalue weighted by Gasteiger charge is -2.20. The second-order valence-corrected chi connectivity index (χ2v) is 7.62. The van der Waals surface area contributed by atoms with Gasteiger partial charge in [-0.2, -0.15) is 0 Å². The highest BCUT2D eigenvalue weighted by Crippen LogP contribution is 2.34. The van der Waals surface area contributed by atoms with Crippen molar-refractivity contribution < 1.29 is 28.6 Å². The summed E-state index contributed by atoms with van der Waals surface area (Å²) in [4.78, 5) is 34.8. The predicted octanol–water partition coefficient (Wildman–Crippen LogP) is 5.81. The number of carbonyl (C=O) groups is 3. The van der Waals surface area contributed by atoms with Crippen molar-refractivity contribution in [2.45, 2.75) is 46.0 Å². The molecular weight excluding hydrogens is 432 g/mol. The Balaban J connectivity index is 1.94. The van der Waals surface area contributed by atoms with Crippen LogP contribution in [0.5, 0.6) is 17.2 Å². The maximum Gasteiger partial charge on any atom is 0.310 e. The van der Waals surface area contributed by atoms with Crippen LogP contribution in [0.2, 0.25) is 0 Å². The number of esters is 3. The topological polar surface area (TPSA) is 78.9 Å². The van der Waals surface area contributed by atoms with Gasteiger partial charge in [0, 0.05) is 25.2 Å². The van der Waals surface area contributed by atoms with Crippen LogP contribution in [0.1, 0.15) is 62.6 Å². The van der Waals surface area contributed by atoms with Gasteiger partial charge in [0.25, 0.3) is 0 Å². The van der Waals surface area contributed by atoms with Crippen LogP contribution in [0, 0.1) is 0 Å². The van der Waals surface area contributed by atoms with Gasteiger partial charge in [0.15, 0.2) is 0 Å². The van der Waals surface area contributed by atoms with E-state index in [2.05, 4.69) is 0 Å². The molecule has 0 aliphatic heterocycles. The minimum atomic E-state index is -0.293. The first-order valence-corrected chi connectivity index (χ1v) is 11.3. The van der Waals surface area contributed by atoms with Crippen molar-refractivity contribution in [3.05, 3.63) is 89.5 Å². The maximum atomic E-state index is 11.6. The van der Waals surface area contributed by atoms with Crippen molar-refractivity contribution in [1.29, 1.82) is 0 Å². The van der Waals surface area contributed by atoms with Gasteiger partial charge >= 0.3 is 17.9 Å². The van der Waals surface area contributed by atoms with Crippen molar-refractivity contribution in [3.8, 4) is 17.2 Å². The van der Waals surface area contributed by atoms with Crippen LogP contribution < -0.4 is 14.2 Å². The fourth-order valence-electron chi connectivity index (χ4n) is 3.37. The molecule has 0 N–H and O–H groups in total. The Kier molecular flexibility index (Phi) is 8.57. The lowest BCUT2D eigenvalue weighted by molar-refractivity contribution is -0.134. The van der Waals surface area contributed by atoms with Gasteiger partial charge < -0.3 is 14.2 Å². The van der Waals surface area contributed by atoms with E-state index in [0.717, 1.165) is 16.7 Å². The third-order valence-corrected chi connectivity index (χ3v) is 5.20. The standard InChI is InChI=1S/C28H28O6/c1-4-25(29)32-22-13-7-19(8-14-22)28(20-9-15-23(16-10-20)33-26(30)5-2)21-11-17-24(18-12-21)34-27(31)6-3/h7-18,28H,4-6H2,1-3H3. The van der Waals surface area contributed by atoms with Gasteiger partial charge in [-0.05, 0) is 53.1 Å². The molecule has 0 spiro atoms. The van der Waals surface area contributed by atoms with E-state index in [1.807, 2.05) is 36.4 Å². The van der Waals surface area contributed by atoms with Crippen LogP contribution in [-0.2, 0) is 14.4 Å². The van der Waals surface area contributed by atoms with Crippen LogP contribution in [-0.4, -0.2) is 17.9 Å². The van der Waals surface area contributed by atoms with Gasteiger partial charge in [0.05, 0.1) is 0 Å². The lowest BCUT2D eigenvalue weighted by Crippen LogP contribution is -2.08. The van der Waals surface area contributed by atoms with Crippen LogP contribution in [0.25, 0.3) is 0 Å². The van der Waals surface area contributed by atoms with E-state index in [9.17, 15) is 14.4 Å². The Labute approximate surface area is 199 Å².